The number of halogens is 1. The van der Waals surface area contributed by atoms with Gasteiger partial charge >= 0.3 is 0 Å². The quantitative estimate of drug-likeness (QED) is 0.381. The molecule has 34 heavy (non-hydrogen) atoms. The number of hydrogen-bond acceptors (Lipinski definition) is 8. The zero-order valence-corrected chi connectivity index (χ0v) is 20.5. The van der Waals surface area contributed by atoms with Crippen LogP contribution in [0.2, 0.25) is 5.15 Å². The van der Waals surface area contributed by atoms with E-state index in [1.165, 1.54) is 48.2 Å². The monoisotopic (exact) mass is 516 g/mol. The highest BCUT2D eigenvalue weighted by Crippen LogP contribution is 2.22. The van der Waals surface area contributed by atoms with Gasteiger partial charge in [0, 0.05) is 11.4 Å². The number of hydrogen-bond donors (Lipinski definition) is 2. The number of thioether (sulfide) groups is 1. The van der Waals surface area contributed by atoms with Crippen molar-refractivity contribution in [1.29, 1.82) is 5.26 Å². The van der Waals surface area contributed by atoms with Crippen LogP contribution in [0.15, 0.2) is 58.5 Å². The Balaban J connectivity index is 1.60. The number of nitrogens with one attached hydrogen (secondary N) is 2. The molecule has 9 nitrogen and oxygen atoms in total. The number of benzene rings is 1. The standard InChI is InChI=1S/C22H21ClN6O3S2/c1-2-3-4-16-6-5-15(13-24)22(26-16)33-14-21(30)25-17-7-9-18(10-8-17)34(31,32)29-20-12-11-19(23)27-28-20/h5-12H,2-4,14H2,1H3,(H,25,30)(H,28,29). The van der Waals surface area contributed by atoms with Crippen LogP contribution in [-0.4, -0.2) is 35.3 Å². The summed E-state index contributed by atoms with van der Waals surface area (Å²) < 4.78 is 27.3. The molecular weight excluding hydrogens is 496 g/mol. The molecule has 0 spiro atoms. The van der Waals surface area contributed by atoms with Crippen molar-refractivity contribution in [3.05, 3.63) is 64.9 Å². The zero-order chi connectivity index (χ0) is 24.6. The molecule has 12 heteroatoms. The highest BCUT2D eigenvalue weighted by atomic mass is 35.5. The SMILES string of the molecule is CCCCc1ccc(C#N)c(SCC(=O)Nc2ccc(S(=O)(=O)Nc3ccc(Cl)nn3)cc2)n1. The van der Waals surface area contributed by atoms with Gasteiger partial charge in [-0.15, -0.1) is 10.2 Å². The van der Waals surface area contributed by atoms with Crippen molar-refractivity contribution in [3.63, 3.8) is 0 Å². The average molecular weight is 517 g/mol. The van der Waals surface area contributed by atoms with Gasteiger partial charge in [-0.2, -0.15) is 5.26 Å². The normalized spacial score (nSPS) is 11.0. The summed E-state index contributed by atoms with van der Waals surface area (Å²) in [6.45, 7) is 2.09. The molecule has 176 valence electrons. The molecule has 0 unspecified atom stereocenters. The number of nitriles is 1. The van der Waals surface area contributed by atoms with Crippen LogP contribution in [0.25, 0.3) is 0 Å². The van der Waals surface area contributed by atoms with Gasteiger partial charge in [-0.1, -0.05) is 36.7 Å². The van der Waals surface area contributed by atoms with Crippen LogP contribution in [0.1, 0.15) is 31.0 Å². The maximum absolute atomic E-state index is 12.5. The lowest BCUT2D eigenvalue weighted by Gasteiger charge is -2.09. The maximum atomic E-state index is 12.5. The van der Waals surface area contributed by atoms with Gasteiger partial charge in [-0.3, -0.25) is 9.52 Å². The first-order valence-electron chi connectivity index (χ1n) is 10.3. The average Bonchev–Trinajstić information content (AvgIpc) is 2.83. The van der Waals surface area contributed by atoms with E-state index in [9.17, 15) is 18.5 Å². The minimum atomic E-state index is -3.89. The Labute approximate surface area is 207 Å². The second kappa shape index (κ2) is 11.8. The number of carbonyl (C=O) groups is 1. The number of rotatable bonds is 10. The van der Waals surface area contributed by atoms with Gasteiger partial charge in [-0.05, 0) is 61.4 Å². The predicted octanol–water partition coefficient (Wildman–Crippen LogP) is 4.27. The predicted molar refractivity (Wildman–Crippen MR) is 131 cm³/mol. The molecule has 1 amide bonds. The lowest BCUT2D eigenvalue weighted by Crippen LogP contribution is -2.16. The number of aromatic nitrogens is 3. The molecule has 0 aliphatic rings. The lowest BCUT2D eigenvalue weighted by molar-refractivity contribution is -0.113. The molecule has 2 aromatic heterocycles. The molecule has 0 aliphatic heterocycles. The molecule has 0 fully saturated rings. The Hall–Kier alpha value is -3.20. The fraction of sp³-hybridized carbons (Fsp3) is 0.227. The van der Waals surface area contributed by atoms with Gasteiger partial charge in [0.2, 0.25) is 5.91 Å². The second-order valence-electron chi connectivity index (χ2n) is 7.08. The first-order valence-corrected chi connectivity index (χ1v) is 13.1. The Morgan fingerprint density at radius 2 is 1.88 bits per heavy atom. The highest BCUT2D eigenvalue weighted by molar-refractivity contribution is 8.00. The van der Waals surface area contributed by atoms with Crippen molar-refractivity contribution in [2.24, 2.45) is 0 Å². The molecule has 2 N–H and O–H groups in total. The summed E-state index contributed by atoms with van der Waals surface area (Å²) in [7, 11) is -3.89. The van der Waals surface area contributed by atoms with E-state index in [1.807, 2.05) is 6.07 Å². The first kappa shape index (κ1) is 25.4. The van der Waals surface area contributed by atoms with Crippen LogP contribution in [-0.2, 0) is 21.2 Å². The van der Waals surface area contributed by atoms with Crippen LogP contribution in [0.3, 0.4) is 0 Å². The number of unbranched alkanes of at least 4 members (excludes halogenated alkanes) is 1. The minimum absolute atomic E-state index is 0.0108. The Kier molecular flexibility index (Phi) is 8.81. The maximum Gasteiger partial charge on any atom is 0.263 e. The van der Waals surface area contributed by atoms with Gasteiger partial charge in [0.25, 0.3) is 10.0 Å². The summed E-state index contributed by atoms with van der Waals surface area (Å²) in [5, 5.41) is 19.9. The van der Waals surface area contributed by atoms with E-state index in [2.05, 4.69) is 38.2 Å². The number of nitrogens with zero attached hydrogens (tertiary/aromatic N) is 4. The van der Waals surface area contributed by atoms with Crippen LogP contribution in [0, 0.1) is 11.3 Å². The zero-order valence-electron chi connectivity index (χ0n) is 18.2. The molecule has 0 aliphatic carbocycles. The van der Waals surface area contributed by atoms with Gasteiger partial charge < -0.3 is 5.32 Å². The van der Waals surface area contributed by atoms with Crippen LogP contribution >= 0.6 is 23.4 Å². The molecule has 0 radical (unpaired) electrons. The van der Waals surface area contributed by atoms with Gasteiger partial charge in [0.1, 0.15) is 11.1 Å². The minimum Gasteiger partial charge on any atom is -0.325 e. The molecular formula is C22H21ClN6O3S2. The van der Waals surface area contributed by atoms with E-state index in [0.29, 0.717) is 16.3 Å². The molecule has 0 atom stereocenters. The number of anilines is 2. The van der Waals surface area contributed by atoms with E-state index in [0.717, 1.165) is 25.0 Å². The Bertz CT molecular complexity index is 1290. The van der Waals surface area contributed by atoms with E-state index >= 15 is 0 Å². The molecule has 0 bridgehead atoms. The summed E-state index contributed by atoms with van der Waals surface area (Å²) in [6.07, 6.45) is 2.85. The Morgan fingerprint density at radius 3 is 2.53 bits per heavy atom. The van der Waals surface area contributed by atoms with E-state index < -0.39 is 10.0 Å². The summed E-state index contributed by atoms with van der Waals surface area (Å²) in [6, 6.07) is 14.2. The van der Waals surface area contributed by atoms with Crippen LogP contribution < -0.4 is 10.0 Å². The molecule has 3 aromatic rings. The third-order valence-electron chi connectivity index (χ3n) is 4.48. The van der Waals surface area contributed by atoms with Crippen molar-refractivity contribution in [3.8, 4) is 6.07 Å². The number of sulfonamides is 1. The molecule has 3 rings (SSSR count). The van der Waals surface area contributed by atoms with Crippen molar-refractivity contribution in [2.75, 3.05) is 15.8 Å². The molecule has 2 heterocycles. The summed E-state index contributed by atoms with van der Waals surface area (Å²) >= 11 is 6.83. The summed E-state index contributed by atoms with van der Waals surface area (Å²) in [4.78, 5) is 16.9. The largest absolute Gasteiger partial charge is 0.325 e. The van der Waals surface area contributed by atoms with Crippen LogP contribution in [0.4, 0.5) is 11.5 Å². The smallest absolute Gasteiger partial charge is 0.263 e. The van der Waals surface area contributed by atoms with Gasteiger partial charge in [0.15, 0.2) is 11.0 Å². The lowest BCUT2D eigenvalue weighted by atomic mass is 10.2. The summed E-state index contributed by atoms with van der Waals surface area (Å²) in [5.74, 6) is -0.224. The fourth-order valence-electron chi connectivity index (χ4n) is 2.79. The van der Waals surface area contributed by atoms with Crippen molar-refractivity contribution in [1.82, 2.24) is 15.2 Å². The molecule has 0 saturated carbocycles. The number of pyridine rings is 1. The van der Waals surface area contributed by atoms with E-state index in [-0.39, 0.29) is 27.5 Å². The third kappa shape index (κ3) is 7.15. The third-order valence-corrected chi connectivity index (χ3v) is 7.05. The number of carbonyl (C=O) groups excluding carboxylic acids is 1. The molecule has 1 aromatic carbocycles. The van der Waals surface area contributed by atoms with Crippen LogP contribution in [0.5, 0.6) is 0 Å². The van der Waals surface area contributed by atoms with E-state index in [4.69, 9.17) is 11.6 Å². The van der Waals surface area contributed by atoms with Gasteiger partial charge in [-0.25, -0.2) is 13.4 Å². The highest BCUT2D eigenvalue weighted by Gasteiger charge is 2.16. The van der Waals surface area contributed by atoms with Crippen molar-refractivity contribution in [2.45, 2.75) is 36.1 Å². The molecule has 0 saturated heterocycles. The fourth-order valence-corrected chi connectivity index (χ4v) is 4.67. The van der Waals surface area contributed by atoms with Crippen molar-refractivity contribution < 1.29 is 13.2 Å². The second-order valence-corrected chi connectivity index (χ2v) is 10.1. The Morgan fingerprint density at radius 1 is 1.12 bits per heavy atom. The summed E-state index contributed by atoms with van der Waals surface area (Å²) in [5.41, 5.74) is 1.74. The topological polar surface area (TPSA) is 138 Å². The van der Waals surface area contributed by atoms with Gasteiger partial charge in [0.05, 0.1) is 16.2 Å². The van der Waals surface area contributed by atoms with E-state index in [1.54, 1.807) is 6.07 Å². The number of amides is 1. The number of aryl methyl sites for hydroxylation is 1. The van der Waals surface area contributed by atoms with Crippen molar-refractivity contribution >= 4 is 50.8 Å². The first-order chi connectivity index (χ1) is 16.3.